The van der Waals surface area contributed by atoms with Gasteiger partial charge in [-0.2, -0.15) is 0 Å². The lowest BCUT2D eigenvalue weighted by Crippen LogP contribution is -2.23. The van der Waals surface area contributed by atoms with Crippen LogP contribution in [-0.4, -0.2) is 10.9 Å². The van der Waals surface area contributed by atoms with E-state index in [1.54, 1.807) is 0 Å². The minimum atomic E-state index is 0.00348. The van der Waals surface area contributed by atoms with Crippen molar-refractivity contribution < 1.29 is 9.21 Å². The molecule has 0 saturated heterocycles. The first kappa shape index (κ1) is 14.3. The monoisotopic (exact) mass is 294 g/mol. The Kier molecular flexibility index (Phi) is 4.19. The molecule has 0 fully saturated rings. The van der Waals surface area contributed by atoms with Crippen molar-refractivity contribution in [1.82, 2.24) is 10.3 Å². The molecule has 22 heavy (non-hydrogen) atoms. The third-order valence-corrected chi connectivity index (χ3v) is 3.50. The molecule has 1 heterocycles. The van der Waals surface area contributed by atoms with Gasteiger partial charge in [-0.05, 0) is 31.0 Å². The number of nitrogens with one attached hydrogen (secondary N) is 1. The number of para-hydroxylation sites is 2. The van der Waals surface area contributed by atoms with Gasteiger partial charge in [-0.1, -0.05) is 42.0 Å². The van der Waals surface area contributed by atoms with Crippen molar-refractivity contribution in [2.24, 2.45) is 0 Å². The van der Waals surface area contributed by atoms with Gasteiger partial charge < -0.3 is 9.73 Å². The summed E-state index contributed by atoms with van der Waals surface area (Å²) in [5.74, 6) is 0.536. The molecule has 0 spiro atoms. The molecule has 0 atom stereocenters. The van der Waals surface area contributed by atoms with E-state index in [0.29, 0.717) is 18.9 Å². The molecule has 0 aliphatic carbocycles. The first-order chi connectivity index (χ1) is 10.7. The highest BCUT2D eigenvalue weighted by molar-refractivity contribution is 5.76. The van der Waals surface area contributed by atoms with Crippen LogP contribution >= 0.6 is 0 Å². The third-order valence-electron chi connectivity index (χ3n) is 3.50. The first-order valence-electron chi connectivity index (χ1n) is 7.37. The fraction of sp³-hybridized carbons (Fsp3) is 0.222. The van der Waals surface area contributed by atoms with Crippen LogP contribution in [0, 0.1) is 6.92 Å². The Hall–Kier alpha value is -2.62. The van der Waals surface area contributed by atoms with E-state index in [9.17, 15) is 4.79 Å². The van der Waals surface area contributed by atoms with E-state index in [2.05, 4.69) is 29.4 Å². The minimum Gasteiger partial charge on any atom is -0.439 e. The van der Waals surface area contributed by atoms with Gasteiger partial charge in [0.05, 0.1) is 6.54 Å². The van der Waals surface area contributed by atoms with E-state index in [1.165, 1.54) is 11.1 Å². The molecule has 0 bridgehead atoms. The lowest BCUT2D eigenvalue weighted by molar-refractivity contribution is -0.121. The molecule has 0 unspecified atom stereocenters. The van der Waals surface area contributed by atoms with E-state index < -0.39 is 0 Å². The summed E-state index contributed by atoms with van der Waals surface area (Å²) in [6.45, 7) is 2.37. The molecular weight excluding hydrogens is 276 g/mol. The van der Waals surface area contributed by atoms with Gasteiger partial charge >= 0.3 is 0 Å². The van der Waals surface area contributed by atoms with E-state index in [4.69, 9.17) is 4.42 Å². The van der Waals surface area contributed by atoms with Crippen LogP contribution in [-0.2, 0) is 17.8 Å². The predicted octanol–water partition coefficient (Wildman–Crippen LogP) is 3.39. The van der Waals surface area contributed by atoms with Crippen LogP contribution in [0.25, 0.3) is 11.1 Å². The Morgan fingerprint density at radius 3 is 2.86 bits per heavy atom. The number of benzene rings is 2. The van der Waals surface area contributed by atoms with E-state index in [1.807, 2.05) is 36.4 Å². The van der Waals surface area contributed by atoms with Gasteiger partial charge in [0.15, 0.2) is 5.58 Å². The second-order valence-electron chi connectivity index (χ2n) is 5.34. The van der Waals surface area contributed by atoms with Crippen molar-refractivity contribution in [3.05, 3.63) is 65.5 Å². The zero-order valence-corrected chi connectivity index (χ0v) is 12.5. The maximum Gasteiger partial charge on any atom is 0.220 e. The number of hydrogen-bond acceptors (Lipinski definition) is 3. The molecule has 2 aromatic carbocycles. The van der Waals surface area contributed by atoms with Gasteiger partial charge in [0.1, 0.15) is 5.52 Å². The number of rotatable bonds is 5. The van der Waals surface area contributed by atoms with E-state index >= 15 is 0 Å². The van der Waals surface area contributed by atoms with Crippen molar-refractivity contribution in [2.45, 2.75) is 26.3 Å². The van der Waals surface area contributed by atoms with Crippen molar-refractivity contribution in [3.63, 3.8) is 0 Å². The minimum absolute atomic E-state index is 0.00348. The van der Waals surface area contributed by atoms with Crippen LogP contribution < -0.4 is 5.32 Å². The fourth-order valence-electron chi connectivity index (χ4n) is 2.38. The van der Waals surface area contributed by atoms with Crippen molar-refractivity contribution in [1.29, 1.82) is 0 Å². The largest absolute Gasteiger partial charge is 0.439 e. The topological polar surface area (TPSA) is 55.1 Å². The highest BCUT2D eigenvalue weighted by Gasteiger charge is 2.07. The number of oxazole rings is 1. The second kappa shape index (κ2) is 6.43. The summed E-state index contributed by atoms with van der Waals surface area (Å²) in [7, 11) is 0. The van der Waals surface area contributed by atoms with Gasteiger partial charge in [-0.25, -0.2) is 4.98 Å². The van der Waals surface area contributed by atoms with Crippen LogP contribution in [0.4, 0.5) is 0 Å². The zero-order valence-electron chi connectivity index (χ0n) is 12.5. The van der Waals surface area contributed by atoms with Crippen LogP contribution in [0.1, 0.15) is 23.4 Å². The summed E-state index contributed by atoms with van der Waals surface area (Å²) in [4.78, 5) is 16.2. The molecule has 1 amide bonds. The molecule has 1 N–H and O–H groups in total. The highest BCUT2D eigenvalue weighted by Crippen LogP contribution is 2.14. The SMILES string of the molecule is Cc1cccc(CCC(=O)NCc2nc3ccccc3o2)c1. The molecule has 4 heteroatoms. The fourth-order valence-corrected chi connectivity index (χ4v) is 2.38. The van der Waals surface area contributed by atoms with E-state index in [-0.39, 0.29) is 5.91 Å². The maximum atomic E-state index is 11.9. The van der Waals surface area contributed by atoms with Gasteiger partial charge in [-0.3, -0.25) is 4.79 Å². The van der Waals surface area contributed by atoms with Gasteiger partial charge in [0.2, 0.25) is 11.8 Å². The van der Waals surface area contributed by atoms with Crippen LogP contribution in [0.2, 0.25) is 0 Å². The molecule has 0 radical (unpaired) electrons. The molecule has 1 aromatic heterocycles. The van der Waals surface area contributed by atoms with Crippen LogP contribution in [0.3, 0.4) is 0 Å². The summed E-state index contributed by atoms with van der Waals surface area (Å²) in [6.07, 6.45) is 1.20. The van der Waals surface area contributed by atoms with Crippen molar-refractivity contribution >= 4 is 17.0 Å². The number of nitrogens with zero attached hydrogens (tertiary/aromatic N) is 1. The first-order valence-corrected chi connectivity index (χ1v) is 7.37. The number of aromatic nitrogens is 1. The quantitative estimate of drug-likeness (QED) is 0.784. The lowest BCUT2D eigenvalue weighted by atomic mass is 10.1. The third kappa shape index (κ3) is 3.52. The Morgan fingerprint density at radius 2 is 2.05 bits per heavy atom. The standard InChI is InChI=1S/C18H18N2O2/c1-13-5-4-6-14(11-13)9-10-17(21)19-12-18-20-15-7-2-3-8-16(15)22-18/h2-8,11H,9-10,12H2,1H3,(H,19,21). The summed E-state index contributed by atoms with van der Waals surface area (Å²) < 4.78 is 5.57. The van der Waals surface area contributed by atoms with Crippen molar-refractivity contribution in [3.8, 4) is 0 Å². The molecule has 3 aromatic rings. The van der Waals surface area contributed by atoms with Gasteiger partial charge in [-0.15, -0.1) is 0 Å². The van der Waals surface area contributed by atoms with Gasteiger partial charge in [0, 0.05) is 6.42 Å². The number of carbonyl (C=O) groups excluding carboxylic acids is 1. The predicted molar refractivity (Wildman–Crippen MR) is 85.4 cm³/mol. The van der Waals surface area contributed by atoms with Crippen molar-refractivity contribution in [2.75, 3.05) is 0 Å². The summed E-state index contributed by atoms with van der Waals surface area (Å²) >= 11 is 0. The molecule has 112 valence electrons. The molecule has 0 aliphatic heterocycles. The summed E-state index contributed by atoms with van der Waals surface area (Å²) in [5.41, 5.74) is 3.94. The number of carbonyl (C=O) groups is 1. The number of fused-ring (bicyclic) bond motifs is 1. The Bertz CT molecular complexity index is 759. The molecule has 4 nitrogen and oxygen atoms in total. The normalized spacial score (nSPS) is 10.8. The molecule has 0 saturated carbocycles. The average molecular weight is 294 g/mol. The molecule has 3 rings (SSSR count). The smallest absolute Gasteiger partial charge is 0.220 e. The summed E-state index contributed by atoms with van der Waals surface area (Å²) in [6, 6.07) is 15.8. The Morgan fingerprint density at radius 1 is 1.18 bits per heavy atom. The molecular formula is C18H18N2O2. The van der Waals surface area contributed by atoms with E-state index in [0.717, 1.165) is 17.5 Å². The maximum absolute atomic E-state index is 11.9. The Balaban J connectivity index is 1.51. The number of hydrogen-bond donors (Lipinski definition) is 1. The highest BCUT2D eigenvalue weighted by atomic mass is 16.3. The number of amides is 1. The zero-order chi connectivity index (χ0) is 15.4. The molecule has 0 aliphatic rings. The van der Waals surface area contributed by atoms with Crippen LogP contribution in [0.15, 0.2) is 52.9 Å². The van der Waals surface area contributed by atoms with Gasteiger partial charge in [0.25, 0.3) is 0 Å². The second-order valence-corrected chi connectivity index (χ2v) is 5.34. The Labute approximate surface area is 129 Å². The van der Waals surface area contributed by atoms with Crippen LogP contribution in [0.5, 0.6) is 0 Å². The number of aryl methyl sites for hydroxylation is 2. The average Bonchev–Trinajstić information content (AvgIpc) is 2.94. The summed E-state index contributed by atoms with van der Waals surface area (Å²) in [5, 5.41) is 2.85. The lowest BCUT2D eigenvalue weighted by Gasteiger charge is -2.04.